The molecular formula is C23H43N3O10. The summed E-state index contributed by atoms with van der Waals surface area (Å²) in [7, 11) is 0. The summed E-state index contributed by atoms with van der Waals surface area (Å²) in [5, 5.41) is 37.1. The van der Waals surface area contributed by atoms with Gasteiger partial charge in [0.05, 0.1) is 12.1 Å². The van der Waals surface area contributed by atoms with E-state index >= 15 is 0 Å². The van der Waals surface area contributed by atoms with Gasteiger partial charge in [-0.25, -0.2) is 0 Å². The molecule has 36 heavy (non-hydrogen) atoms. The molecule has 1 aliphatic heterocycles. The van der Waals surface area contributed by atoms with Gasteiger partial charge in [-0.05, 0) is 33.1 Å². The first-order valence-electron chi connectivity index (χ1n) is 11.9. The third-order valence-electron chi connectivity index (χ3n) is 5.04. The number of aliphatic hydroxyl groups excluding tert-OH is 3. The van der Waals surface area contributed by atoms with Gasteiger partial charge in [0, 0.05) is 25.0 Å². The topological polar surface area (TPSA) is 219 Å². The number of Topliss-reactive ketones (excluding diaryl/α,β-unsaturated/α-hetero) is 1. The number of carbonyl (C=O) groups is 4. The Bertz CT molecular complexity index is 664. The number of hydrogen-bond acceptors (Lipinski definition) is 12. The molecule has 0 bridgehead atoms. The van der Waals surface area contributed by atoms with Crippen LogP contribution >= 0.6 is 0 Å². The van der Waals surface area contributed by atoms with Crippen LogP contribution in [-0.2, 0) is 33.4 Å². The molecule has 0 aliphatic carbocycles. The van der Waals surface area contributed by atoms with Gasteiger partial charge in [0.1, 0.15) is 18.3 Å². The summed E-state index contributed by atoms with van der Waals surface area (Å²) in [5.41, 5.74) is 6.16. The largest absolute Gasteiger partial charge is 0.449 e. The maximum Gasteiger partial charge on any atom is 0.295 e. The zero-order valence-corrected chi connectivity index (χ0v) is 21.7. The minimum Gasteiger partial charge on any atom is -0.449 e. The van der Waals surface area contributed by atoms with Crippen LogP contribution in [0.2, 0.25) is 0 Å². The molecule has 1 rings (SSSR count). The number of ketones is 1. The van der Waals surface area contributed by atoms with Gasteiger partial charge in [-0.3, -0.25) is 24.9 Å². The lowest BCUT2D eigenvalue weighted by atomic mass is 10.0. The van der Waals surface area contributed by atoms with E-state index < -0.39 is 43.0 Å². The second kappa shape index (κ2) is 20.7. The van der Waals surface area contributed by atoms with Crippen LogP contribution in [0.4, 0.5) is 0 Å². The van der Waals surface area contributed by atoms with Gasteiger partial charge in [0.2, 0.25) is 12.2 Å². The molecule has 7 atom stereocenters. The van der Waals surface area contributed by atoms with E-state index in [0.29, 0.717) is 12.8 Å². The molecule has 1 aliphatic rings. The van der Waals surface area contributed by atoms with Crippen molar-refractivity contribution >= 4 is 30.3 Å². The molecule has 0 saturated carbocycles. The maximum absolute atomic E-state index is 11.6. The molecule has 0 aromatic rings. The first kappa shape index (κ1) is 35.7. The molecule has 2 unspecified atom stereocenters. The highest BCUT2D eigenvalue weighted by molar-refractivity contribution is 5.88. The Morgan fingerprint density at radius 2 is 1.67 bits per heavy atom. The molecule has 0 radical (unpaired) electrons. The first-order chi connectivity index (χ1) is 16.9. The fraction of sp³-hybridized carbons (Fsp3) is 0.783. The fourth-order valence-electron chi connectivity index (χ4n) is 2.69. The van der Waals surface area contributed by atoms with Crippen LogP contribution in [0.15, 0.2) is 0 Å². The minimum absolute atomic E-state index is 0.0433. The summed E-state index contributed by atoms with van der Waals surface area (Å²) in [6.07, 6.45) is -3.59. The van der Waals surface area contributed by atoms with Crippen molar-refractivity contribution in [3.63, 3.8) is 0 Å². The van der Waals surface area contributed by atoms with E-state index in [1.165, 1.54) is 6.92 Å². The quantitative estimate of drug-likeness (QED) is 0.107. The van der Waals surface area contributed by atoms with Gasteiger partial charge >= 0.3 is 0 Å². The number of rotatable bonds is 13. The molecule has 1 saturated heterocycles. The molecule has 13 heteroatoms. The summed E-state index contributed by atoms with van der Waals surface area (Å²) < 4.78 is 13.7. The van der Waals surface area contributed by atoms with Gasteiger partial charge in [0.15, 0.2) is 12.0 Å². The van der Waals surface area contributed by atoms with Crippen molar-refractivity contribution in [3.8, 4) is 0 Å². The Kier molecular flexibility index (Phi) is 20.5. The summed E-state index contributed by atoms with van der Waals surface area (Å²) in [6.45, 7) is 9.42. The van der Waals surface area contributed by atoms with Crippen molar-refractivity contribution in [3.05, 3.63) is 0 Å². The SMILES string of the molecule is CCC(C)=N.CCCC(=O)[C@H](CC)NC(=O)CC[C@H](N)OC=O.C[C@@H]1OC(OC=O)[C@@H](O)[C@H](O)C1O. The van der Waals surface area contributed by atoms with Gasteiger partial charge in [-0.15, -0.1) is 0 Å². The number of aliphatic hydroxyl groups is 3. The number of ether oxygens (including phenoxy) is 3. The van der Waals surface area contributed by atoms with Gasteiger partial charge in [-0.1, -0.05) is 20.8 Å². The average molecular weight is 522 g/mol. The number of nitrogens with two attached hydrogens (primary N) is 1. The lowest BCUT2D eigenvalue weighted by Crippen LogP contribution is -2.57. The van der Waals surface area contributed by atoms with Crippen LogP contribution in [0.5, 0.6) is 0 Å². The van der Waals surface area contributed by atoms with E-state index in [9.17, 15) is 34.5 Å². The number of hydrogen-bond donors (Lipinski definition) is 6. The standard InChI is InChI=1S/C12H22N2O4.C7H12O6.C4H9N/c1-3-5-10(16)9(4-2)14-12(17)7-6-11(13)18-8-15;1-3-4(9)5(10)6(11)7(13-3)12-2-8;1-3-4(2)5/h8-9,11H,3-7,13H2,1-2H3,(H,14,17);2-7,9-11H,1H3;5H,3H2,1-2H3/t9-,11+;3-,4?,5+,6-,7?;/m00./s1. The Hall–Kier alpha value is -2.45. The fourth-order valence-corrected chi connectivity index (χ4v) is 2.69. The van der Waals surface area contributed by atoms with E-state index in [2.05, 4.69) is 14.8 Å². The zero-order chi connectivity index (χ0) is 28.3. The number of amides is 1. The van der Waals surface area contributed by atoms with Gasteiger partial charge in [0.25, 0.3) is 12.9 Å². The predicted octanol–water partition coefficient (Wildman–Crippen LogP) is -0.0886. The highest BCUT2D eigenvalue weighted by atomic mass is 16.7. The van der Waals surface area contributed by atoms with Crippen LogP contribution in [0.25, 0.3) is 0 Å². The highest BCUT2D eigenvalue weighted by Crippen LogP contribution is 2.20. The Morgan fingerprint density at radius 3 is 2.11 bits per heavy atom. The molecule has 0 spiro atoms. The van der Waals surface area contributed by atoms with E-state index in [-0.39, 0.29) is 37.5 Å². The zero-order valence-electron chi connectivity index (χ0n) is 21.7. The Balaban J connectivity index is 0. The van der Waals surface area contributed by atoms with Crippen LogP contribution < -0.4 is 11.1 Å². The Morgan fingerprint density at radius 1 is 1.08 bits per heavy atom. The van der Waals surface area contributed by atoms with Crippen molar-refractivity contribution in [1.29, 1.82) is 5.41 Å². The summed E-state index contributed by atoms with van der Waals surface area (Å²) in [4.78, 5) is 43.2. The Labute approximate surface area is 212 Å². The molecule has 1 heterocycles. The number of carbonyl (C=O) groups excluding carboxylic acids is 4. The second-order valence-corrected chi connectivity index (χ2v) is 8.10. The van der Waals surface area contributed by atoms with Crippen molar-refractivity contribution in [2.24, 2.45) is 5.73 Å². The molecule has 210 valence electrons. The normalized spacial score (nSPS) is 24.3. The molecule has 0 aromatic heterocycles. The number of nitrogens with one attached hydrogen (secondary N) is 2. The smallest absolute Gasteiger partial charge is 0.295 e. The van der Waals surface area contributed by atoms with Gasteiger partial charge < -0.3 is 40.3 Å². The first-order valence-corrected chi connectivity index (χ1v) is 11.9. The third-order valence-corrected chi connectivity index (χ3v) is 5.04. The van der Waals surface area contributed by atoms with Crippen molar-refractivity contribution in [2.75, 3.05) is 0 Å². The van der Waals surface area contributed by atoms with Crippen molar-refractivity contribution in [2.45, 2.75) is 116 Å². The van der Waals surface area contributed by atoms with E-state index in [4.69, 9.17) is 15.9 Å². The predicted molar refractivity (Wildman–Crippen MR) is 130 cm³/mol. The lowest BCUT2D eigenvalue weighted by Gasteiger charge is -2.37. The van der Waals surface area contributed by atoms with Crippen LogP contribution in [0.1, 0.15) is 73.1 Å². The van der Waals surface area contributed by atoms with Crippen LogP contribution in [0.3, 0.4) is 0 Å². The molecule has 13 nitrogen and oxygen atoms in total. The summed E-state index contributed by atoms with van der Waals surface area (Å²) in [6, 6.07) is -0.430. The maximum atomic E-state index is 11.6. The third kappa shape index (κ3) is 15.5. The monoisotopic (exact) mass is 521 g/mol. The van der Waals surface area contributed by atoms with Gasteiger partial charge in [-0.2, -0.15) is 0 Å². The van der Waals surface area contributed by atoms with E-state index in [1.54, 1.807) is 6.92 Å². The second-order valence-electron chi connectivity index (χ2n) is 8.10. The molecular weight excluding hydrogens is 478 g/mol. The highest BCUT2D eigenvalue weighted by Gasteiger charge is 2.42. The molecule has 0 aromatic carbocycles. The van der Waals surface area contributed by atoms with Crippen molar-refractivity contribution < 1.29 is 48.7 Å². The molecule has 7 N–H and O–H groups in total. The van der Waals surface area contributed by atoms with E-state index in [0.717, 1.165) is 18.6 Å². The minimum atomic E-state index is -1.42. The van der Waals surface area contributed by atoms with Crippen LogP contribution in [-0.4, -0.2) is 88.6 Å². The average Bonchev–Trinajstić information content (AvgIpc) is 2.84. The van der Waals surface area contributed by atoms with Crippen molar-refractivity contribution in [1.82, 2.24) is 5.32 Å². The summed E-state index contributed by atoms with van der Waals surface area (Å²) in [5.74, 6) is -0.210. The molecule has 1 fully saturated rings. The molecule has 1 amide bonds. The summed E-state index contributed by atoms with van der Waals surface area (Å²) >= 11 is 0. The van der Waals surface area contributed by atoms with Crippen LogP contribution in [0, 0.1) is 5.41 Å². The van der Waals surface area contributed by atoms with E-state index in [1.807, 2.05) is 20.8 Å². The lowest BCUT2D eigenvalue weighted by molar-refractivity contribution is -0.280.